The SMILES string of the molecule is C1=C/COCc2ccc(OC/C=C/CN3CCCC3)c(c2)Nc2nccc(n2)-c2cccc(c2)COC/1. The van der Waals surface area contributed by atoms with Crippen molar-refractivity contribution in [3.8, 4) is 17.0 Å². The number of nitrogens with one attached hydrogen (secondary N) is 1. The molecule has 0 atom stereocenters. The van der Waals surface area contributed by atoms with Crippen LogP contribution >= 0.6 is 0 Å². The third kappa shape index (κ3) is 7.49. The summed E-state index contributed by atoms with van der Waals surface area (Å²) in [6, 6.07) is 16.2. The Morgan fingerprint density at radius 3 is 2.57 bits per heavy atom. The third-order valence-electron chi connectivity index (χ3n) is 6.37. The van der Waals surface area contributed by atoms with Gasteiger partial charge in [0.2, 0.25) is 5.95 Å². The van der Waals surface area contributed by atoms with Crippen molar-refractivity contribution >= 4 is 11.6 Å². The first kappa shape index (κ1) is 25.1. The molecule has 6 bridgehead atoms. The van der Waals surface area contributed by atoms with E-state index in [1.807, 2.05) is 42.5 Å². The molecule has 5 rings (SSSR count). The molecule has 1 saturated heterocycles. The zero-order valence-electron chi connectivity index (χ0n) is 21.1. The Bertz CT molecular complexity index is 1220. The summed E-state index contributed by atoms with van der Waals surface area (Å²) in [6.07, 6.45) is 12.6. The molecule has 0 amide bonds. The second kappa shape index (κ2) is 13.1. The maximum Gasteiger partial charge on any atom is 0.227 e. The van der Waals surface area contributed by atoms with Gasteiger partial charge in [0, 0.05) is 18.3 Å². The minimum Gasteiger partial charge on any atom is -0.487 e. The molecular formula is C30H34N4O3. The number of fused-ring (bicyclic) bond motifs is 7. The van der Waals surface area contributed by atoms with Crippen molar-refractivity contribution in [2.24, 2.45) is 0 Å². The Labute approximate surface area is 218 Å². The molecule has 1 fully saturated rings. The second-order valence-electron chi connectivity index (χ2n) is 9.21. The van der Waals surface area contributed by atoms with Gasteiger partial charge < -0.3 is 19.5 Å². The molecule has 3 aromatic rings. The van der Waals surface area contributed by atoms with Crippen LogP contribution in [-0.2, 0) is 22.7 Å². The number of anilines is 2. The van der Waals surface area contributed by atoms with Crippen LogP contribution < -0.4 is 10.1 Å². The molecule has 3 heterocycles. The molecular weight excluding hydrogens is 464 g/mol. The molecule has 0 aliphatic carbocycles. The van der Waals surface area contributed by atoms with Gasteiger partial charge in [0.25, 0.3) is 0 Å². The van der Waals surface area contributed by atoms with Crippen LogP contribution in [0.4, 0.5) is 11.6 Å². The second-order valence-corrected chi connectivity index (χ2v) is 9.21. The first-order chi connectivity index (χ1) is 18.3. The van der Waals surface area contributed by atoms with Crippen molar-refractivity contribution in [1.29, 1.82) is 0 Å². The Kier molecular flexibility index (Phi) is 8.93. The molecule has 7 heteroatoms. The standard InChI is InChI=1S/C30H34N4O3/c1-2-15-34(14-1)16-3-4-19-37-29-11-10-25-21-28(29)33-30-31-13-12-27(32-30)26-9-7-8-24(20-26)22-35-17-5-6-18-36-23-25/h3-13,20-21H,1-2,14-19,22-23H2,(H,31,32,33)/b4-3+,6-5+. The Morgan fingerprint density at radius 1 is 0.919 bits per heavy atom. The third-order valence-corrected chi connectivity index (χ3v) is 6.37. The van der Waals surface area contributed by atoms with E-state index in [0.29, 0.717) is 39.0 Å². The lowest BCUT2D eigenvalue weighted by molar-refractivity contribution is 0.140. The van der Waals surface area contributed by atoms with Crippen LogP contribution in [0, 0.1) is 0 Å². The van der Waals surface area contributed by atoms with Gasteiger partial charge in [0.15, 0.2) is 0 Å². The zero-order valence-corrected chi connectivity index (χ0v) is 21.1. The highest BCUT2D eigenvalue weighted by Crippen LogP contribution is 2.29. The Morgan fingerprint density at radius 2 is 1.73 bits per heavy atom. The van der Waals surface area contributed by atoms with Crippen LogP contribution in [0.25, 0.3) is 11.3 Å². The lowest BCUT2D eigenvalue weighted by Gasteiger charge is -2.14. The maximum atomic E-state index is 6.14. The summed E-state index contributed by atoms with van der Waals surface area (Å²) in [4.78, 5) is 11.7. The summed E-state index contributed by atoms with van der Waals surface area (Å²) in [5.41, 5.74) is 4.80. The fourth-order valence-electron chi connectivity index (χ4n) is 4.43. The number of hydrogen-bond donors (Lipinski definition) is 1. The molecule has 2 aliphatic rings. The van der Waals surface area contributed by atoms with E-state index in [-0.39, 0.29) is 0 Å². The maximum absolute atomic E-state index is 6.14. The predicted octanol–water partition coefficient (Wildman–Crippen LogP) is 5.52. The van der Waals surface area contributed by atoms with Crippen molar-refractivity contribution < 1.29 is 14.2 Å². The van der Waals surface area contributed by atoms with Crippen LogP contribution in [0.5, 0.6) is 5.75 Å². The van der Waals surface area contributed by atoms with Crippen molar-refractivity contribution in [2.45, 2.75) is 26.1 Å². The first-order valence-corrected chi connectivity index (χ1v) is 13.0. The summed E-state index contributed by atoms with van der Waals surface area (Å²) in [7, 11) is 0. The first-order valence-electron chi connectivity index (χ1n) is 13.0. The number of hydrogen-bond acceptors (Lipinski definition) is 7. The van der Waals surface area contributed by atoms with Gasteiger partial charge in [-0.05, 0) is 61.3 Å². The van der Waals surface area contributed by atoms with Crippen molar-refractivity contribution in [2.75, 3.05) is 44.8 Å². The highest BCUT2D eigenvalue weighted by molar-refractivity contribution is 5.66. The summed E-state index contributed by atoms with van der Waals surface area (Å²) in [6.45, 7) is 5.94. The monoisotopic (exact) mass is 498 g/mol. The van der Waals surface area contributed by atoms with Crippen molar-refractivity contribution in [3.63, 3.8) is 0 Å². The molecule has 2 aromatic carbocycles. The molecule has 37 heavy (non-hydrogen) atoms. The Balaban J connectivity index is 1.36. The zero-order chi connectivity index (χ0) is 25.1. The average Bonchev–Trinajstić information content (AvgIpc) is 3.44. The molecule has 2 aliphatic heterocycles. The fourth-order valence-corrected chi connectivity index (χ4v) is 4.43. The van der Waals surface area contributed by atoms with Gasteiger partial charge in [0.05, 0.1) is 37.8 Å². The number of ether oxygens (including phenoxy) is 3. The number of rotatable bonds is 5. The molecule has 1 N–H and O–H groups in total. The lowest BCUT2D eigenvalue weighted by Crippen LogP contribution is -2.18. The highest BCUT2D eigenvalue weighted by atomic mass is 16.5. The lowest BCUT2D eigenvalue weighted by atomic mass is 10.1. The molecule has 0 saturated carbocycles. The van der Waals surface area contributed by atoms with E-state index in [0.717, 1.165) is 40.4 Å². The summed E-state index contributed by atoms with van der Waals surface area (Å²) < 4.78 is 17.8. The number of nitrogens with zero attached hydrogens (tertiary/aromatic N) is 3. The summed E-state index contributed by atoms with van der Waals surface area (Å²) >= 11 is 0. The normalized spacial score (nSPS) is 17.6. The number of benzene rings is 2. The highest BCUT2D eigenvalue weighted by Gasteiger charge is 2.11. The van der Waals surface area contributed by atoms with Gasteiger partial charge in [-0.15, -0.1) is 0 Å². The van der Waals surface area contributed by atoms with Gasteiger partial charge in [-0.2, -0.15) is 0 Å². The fraction of sp³-hybridized carbons (Fsp3) is 0.333. The molecule has 0 radical (unpaired) electrons. The quantitative estimate of drug-likeness (QED) is 0.465. The van der Waals surface area contributed by atoms with Gasteiger partial charge in [-0.3, -0.25) is 4.90 Å². The van der Waals surface area contributed by atoms with E-state index >= 15 is 0 Å². The van der Waals surface area contributed by atoms with E-state index in [9.17, 15) is 0 Å². The predicted molar refractivity (Wildman–Crippen MR) is 146 cm³/mol. The van der Waals surface area contributed by atoms with Crippen LogP contribution in [0.3, 0.4) is 0 Å². The largest absolute Gasteiger partial charge is 0.487 e. The van der Waals surface area contributed by atoms with Crippen molar-refractivity contribution in [1.82, 2.24) is 14.9 Å². The topological polar surface area (TPSA) is 68.7 Å². The van der Waals surface area contributed by atoms with Crippen LogP contribution in [0.15, 0.2) is 79.0 Å². The number of aromatic nitrogens is 2. The number of likely N-dealkylation sites (tertiary alicyclic amines) is 1. The van der Waals surface area contributed by atoms with E-state index in [1.54, 1.807) is 6.20 Å². The molecule has 192 valence electrons. The minimum atomic E-state index is 0.487. The summed E-state index contributed by atoms with van der Waals surface area (Å²) in [5, 5.41) is 3.38. The van der Waals surface area contributed by atoms with Crippen molar-refractivity contribution in [3.05, 3.63) is 90.2 Å². The van der Waals surface area contributed by atoms with Gasteiger partial charge in [0.1, 0.15) is 12.4 Å². The minimum absolute atomic E-state index is 0.487. The van der Waals surface area contributed by atoms with Gasteiger partial charge in [-0.1, -0.05) is 48.6 Å². The molecule has 7 nitrogen and oxygen atoms in total. The molecule has 1 aromatic heterocycles. The van der Waals surface area contributed by atoms with E-state index < -0.39 is 0 Å². The average molecular weight is 499 g/mol. The smallest absolute Gasteiger partial charge is 0.227 e. The van der Waals surface area contributed by atoms with Crippen LogP contribution in [-0.4, -0.2) is 54.3 Å². The molecule has 0 spiro atoms. The van der Waals surface area contributed by atoms with Crippen LogP contribution in [0.1, 0.15) is 24.0 Å². The summed E-state index contributed by atoms with van der Waals surface area (Å²) in [5.74, 6) is 1.26. The van der Waals surface area contributed by atoms with Crippen LogP contribution in [0.2, 0.25) is 0 Å². The van der Waals surface area contributed by atoms with Gasteiger partial charge in [-0.25, -0.2) is 9.97 Å². The Hall–Kier alpha value is -3.52. The van der Waals surface area contributed by atoms with E-state index in [1.165, 1.54) is 25.9 Å². The van der Waals surface area contributed by atoms with E-state index in [2.05, 4.69) is 45.6 Å². The molecule has 0 unspecified atom stereocenters. The van der Waals surface area contributed by atoms with E-state index in [4.69, 9.17) is 19.2 Å². The van der Waals surface area contributed by atoms with Gasteiger partial charge >= 0.3 is 0 Å².